The van der Waals surface area contributed by atoms with Crippen molar-refractivity contribution in [1.29, 1.82) is 0 Å². The number of nitrogens with two attached hydrogens (primary N) is 2. The van der Waals surface area contributed by atoms with Crippen molar-refractivity contribution in [3.63, 3.8) is 0 Å². The van der Waals surface area contributed by atoms with Gasteiger partial charge in [-0.25, -0.2) is 0 Å². The number of primary amides is 1. The van der Waals surface area contributed by atoms with Crippen LogP contribution in [0.25, 0.3) is 0 Å². The predicted octanol–water partition coefficient (Wildman–Crippen LogP) is 1.82. The molecule has 2 amide bonds. The molecule has 1 aliphatic carbocycles. The molecule has 0 aromatic heterocycles. The summed E-state index contributed by atoms with van der Waals surface area (Å²) in [5.41, 5.74) is 11.2. The molecule has 2 rings (SSSR count). The van der Waals surface area contributed by atoms with E-state index in [2.05, 4.69) is 0 Å². The number of hydrogen-bond donors (Lipinski definition) is 2. The lowest BCUT2D eigenvalue weighted by atomic mass is 9.73. The van der Waals surface area contributed by atoms with Gasteiger partial charge >= 0.3 is 0 Å². The first kappa shape index (κ1) is 19.2. The molecule has 1 saturated carbocycles. The average Bonchev–Trinajstić information content (AvgIpc) is 2.44. The van der Waals surface area contributed by atoms with Crippen molar-refractivity contribution in [2.75, 3.05) is 13.1 Å². The van der Waals surface area contributed by atoms with E-state index in [0.717, 1.165) is 58.0 Å². The highest BCUT2D eigenvalue weighted by Gasteiger charge is 2.40. The molecule has 5 nitrogen and oxygen atoms in total. The van der Waals surface area contributed by atoms with Gasteiger partial charge in [0.1, 0.15) is 0 Å². The number of nitrogens with zero attached hydrogens (tertiary/aromatic N) is 1. The van der Waals surface area contributed by atoms with E-state index < -0.39 is 0 Å². The lowest BCUT2D eigenvalue weighted by Gasteiger charge is -2.42. The van der Waals surface area contributed by atoms with Gasteiger partial charge in [-0.15, -0.1) is 12.4 Å². The fraction of sp³-hybridized carbons (Fsp3) is 0.875. The Morgan fingerprint density at radius 1 is 1.23 bits per heavy atom. The van der Waals surface area contributed by atoms with Crippen LogP contribution in [-0.4, -0.2) is 35.3 Å². The quantitative estimate of drug-likeness (QED) is 0.823. The molecule has 3 atom stereocenters. The maximum absolute atomic E-state index is 12.8. The predicted molar refractivity (Wildman–Crippen MR) is 89.5 cm³/mol. The summed E-state index contributed by atoms with van der Waals surface area (Å²) >= 11 is 0. The molecule has 1 saturated heterocycles. The first-order valence-electron chi connectivity index (χ1n) is 8.26. The van der Waals surface area contributed by atoms with Crippen LogP contribution in [0.3, 0.4) is 0 Å². The molecule has 4 N–H and O–H groups in total. The Morgan fingerprint density at radius 3 is 2.59 bits per heavy atom. The highest BCUT2D eigenvalue weighted by Crippen LogP contribution is 2.34. The van der Waals surface area contributed by atoms with Gasteiger partial charge in [0.15, 0.2) is 0 Å². The lowest BCUT2D eigenvalue weighted by Crippen LogP contribution is -2.55. The van der Waals surface area contributed by atoms with Crippen molar-refractivity contribution in [1.82, 2.24) is 4.90 Å². The van der Waals surface area contributed by atoms with Crippen molar-refractivity contribution in [2.45, 2.75) is 63.8 Å². The molecule has 0 aromatic carbocycles. The Labute approximate surface area is 139 Å². The first-order valence-corrected chi connectivity index (χ1v) is 8.26. The Balaban J connectivity index is 0.00000242. The molecular weight excluding hydrogens is 302 g/mol. The minimum absolute atomic E-state index is 0. The van der Waals surface area contributed by atoms with Crippen molar-refractivity contribution in [2.24, 2.45) is 23.3 Å². The minimum Gasteiger partial charge on any atom is -0.370 e. The fourth-order valence-corrected chi connectivity index (χ4v) is 3.83. The van der Waals surface area contributed by atoms with E-state index in [0.29, 0.717) is 12.3 Å². The highest BCUT2D eigenvalue weighted by molar-refractivity contribution is 5.85. The standard InChI is InChI=1S/C16H29N3O2.ClH/c1-16(18)9-3-2-6-13(16)15(21)19-10-4-5-12(11-19)7-8-14(17)20;/h12-13H,2-11,18H2,1H3,(H2,17,20);1H. The SMILES string of the molecule is CC1(N)CCCCC1C(=O)N1CCCC(CCC(N)=O)C1.Cl. The van der Waals surface area contributed by atoms with Crippen molar-refractivity contribution in [3.05, 3.63) is 0 Å². The molecule has 22 heavy (non-hydrogen) atoms. The van der Waals surface area contributed by atoms with Gasteiger partial charge in [0.25, 0.3) is 0 Å². The normalized spacial score (nSPS) is 32.2. The van der Waals surface area contributed by atoms with E-state index in [4.69, 9.17) is 11.5 Å². The zero-order valence-corrected chi connectivity index (χ0v) is 14.4. The molecule has 2 fully saturated rings. The molecule has 0 bridgehead atoms. The van der Waals surface area contributed by atoms with Crippen LogP contribution < -0.4 is 11.5 Å². The molecular formula is C16H30ClN3O2. The molecule has 1 heterocycles. The molecule has 1 aliphatic heterocycles. The summed E-state index contributed by atoms with van der Waals surface area (Å²) < 4.78 is 0. The average molecular weight is 332 g/mol. The Bertz CT molecular complexity index is 401. The highest BCUT2D eigenvalue weighted by atomic mass is 35.5. The van der Waals surface area contributed by atoms with Crippen molar-refractivity contribution >= 4 is 24.2 Å². The van der Waals surface area contributed by atoms with Crippen LogP contribution in [0.1, 0.15) is 58.3 Å². The van der Waals surface area contributed by atoms with Crippen molar-refractivity contribution in [3.8, 4) is 0 Å². The van der Waals surface area contributed by atoms with Gasteiger partial charge in [0.2, 0.25) is 11.8 Å². The number of carbonyl (C=O) groups is 2. The van der Waals surface area contributed by atoms with Gasteiger partial charge < -0.3 is 16.4 Å². The second-order valence-corrected chi connectivity index (χ2v) is 7.10. The number of carbonyl (C=O) groups excluding carboxylic acids is 2. The topological polar surface area (TPSA) is 89.4 Å². The lowest BCUT2D eigenvalue weighted by molar-refractivity contribution is -0.140. The molecule has 0 radical (unpaired) electrons. The van der Waals surface area contributed by atoms with Gasteiger partial charge in [-0.2, -0.15) is 0 Å². The van der Waals surface area contributed by atoms with Crippen molar-refractivity contribution < 1.29 is 9.59 Å². The van der Waals surface area contributed by atoms with Gasteiger partial charge in [0, 0.05) is 25.0 Å². The van der Waals surface area contributed by atoms with E-state index in [9.17, 15) is 9.59 Å². The van der Waals surface area contributed by atoms with Crippen LogP contribution in [-0.2, 0) is 9.59 Å². The molecule has 0 aromatic rings. The number of halogens is 1. The maximum Gasteiger partial charge on any atom is 0.227 e. The third-order valence-corrected chi connectivity index (χ3v) is 5.18. The van der Waals surface area contributed by atoms with E-state index in [1.165, 1.54) is 0 Å². The largest absolute Gasteiger partial charge is 0.370 e. The summed E-state index contributed by atoms with van der Waals surface area (Å²) in [6.07, 6.45) is 7.38. The summed E-state index contributed by atoms with van der Waals surface area (Å²) in [6.45, 7) is 3.61. The van der Waals surface area contributed by atoms with Crippen LogP contribution >= 0.6 is 12.4 Å². The number of likely N-dealkylation sites (tertiary alicyclic amines) is 1. The third-order valence-electron chi connectivity index (χ3n) is 5.18. The Hall–Kier alpha value is -0.810. The number of amides is 2. The van der Waals surface area contributed by atoms with E-state index in [-0.39, 0.29) is 35.7 Å². The summed E-state index contributed by atoms with van der Waals surface area (Å²) in [6, 6.07) is 0. The van der Waals surface area contributed by atoms with Crippen LogP contribution in [0, 0.1) is 11.8 Å². The summed E-state index contributed by atoms with van der Waals surface area (Å²) in [5, 5.41) is 0. The summed E-state index contributed by atoms with van der Waals surface area (Å²) in [5.74, 6) is 0.340. The Morgan fingerprint density at radius 2 is 1.95 bits per heavy atom. The van der Waals surface area contributed by atoms with Crippen LogP contribution in [0.4, 0.5) is 0 Å². The fourth-order valence-electron chi connectivity index (χ4n) is 3.83. The zero-order chi connectivity index (χ0) is 15.5. The van der Waals surface area contributed by atoms with E-state index in [1.54, 1.807) is 0 Å². The van der Waals surface area contributed by atoms with Crippen LogP contribution in [0.2, 0.25) is 0 Å². The van der Waals surface area contributed by atoms with Gasteiger partial charge in [0.05, 0.1) is 5.92 Å². The molecule has 128 valence electrons. The molecule has 2 aliphatic rings. The smallest absolute Gasteiger partial charge is 0.227 e. The molecule has 3 unspecified atom stereocenters. The van der Waals surface area contributed by atoms with Gasteiger partial charge in [-0.3, -0.25) is 9.59 Å². The van der Waals surface area contributed by atoms with E-state index in [1.807, 2.05) is 11.8 Å². The monoisotopic (exact) mass is 331 g/mol. The van der Waals surface area contributed by atoms with Crippen LogP contribution in [0.15, 0.2) is 0 Å². The minimum atomic E-state index is -0.366. The third kappa shape index (κ3) is 4.85. The molecule has 0 spiro atoms. The second-order valence-electron chi connectivity index (χ2n) is 7.10. The maximum atomic E-state index is 12.8. The van der Waals surface area contributed by atoms with E-state index >= 15 is 0 Å². The summed E-state index contributed by atoms with van der Waals surface area (Å²) in [4.78, 5) is 25.7. The second kappa shape index (κ2) is 8.16. The van der Waals surface area contributed by atoms with Gasteiger partial charge in [-0.1, -0.05) is 12.8 Å². The zero-order valence-electron chi connectivity index (χ0n) is 13.6. The Kier molecular flexibility index (Phi) is 7.13. The van der Waals surface area contributed by atoms with Gasteiger partial charge in [-0.05, 0) is 44.9 Å². The summed E-state index contributed by atoms with van der Waals surface area (Å²) in [7, 11) is 0. The number of hydrogen-bond acceptors (Lipinski definition) is 3. The molecule has 6 heteroatoms. The number of rotatable bonds is 4. The first-order chi connectivity index (χ1) is 9.90. The number of piperidine rings is 1. The van der Waals surface area contributed by atoms with Crippen LogP contribution in [0.5, 0.6) is 0 Å².